The van der Waals surface area contributed by atoms with Crippen LogP contribution in [0, 0.1) is 0 Å². The van der Waals surface area contributed by atoms with Gasteiger partial charge in [0.1, 0.15) is 5.75 Å². The number of nitrogens with zero attached hydrogens (tertiary/aromatic N) is 1. The van der Waals surface area contributed by atoms with Crippen LogP contribution in [0.25, 0.3) is 0 Å². The number of benzene rings is 1. The molecule has 1 rings (SSSR count). The highest BCUT2D eigenvalue weighted by atomic mass is 16.5. The first-order chi connectivity index (χ1) is 9.58. The number of rotatable bonds is 7. The third-order valence-electron chi connectivity index (χ3n) is 2.64. The predicted octanol–water partition coefficient (Wildman–Crippen LogP) is 2.41. The van der Waals surface area contributed by atoms with Crippen LogP contribution < -0.4 is 10.1 Å². The van der Waals surface area contributed by atoms with Gasteiger partial charge in [-0.15, -0.1) is 0 Å². The maximum absolute atomic E-state index is 12.1. The van der Waals surface area contributed by atoms with Gasteiger partial charge in [-0.1, -0.05) is 19.1 Å². The second-order valence-corrected chi connectivity index (χ2v) is 4.19. The number of nitrogens with one attached hydrogen (secondary N) is 1. The lowest BCUT2D eigenvalue weighted by molar-refractivity contribution is -0.139. The van der Waals surface area contributed by atoms with E-state index in [1.807, 2.05) is 13.8 Å². The van der Waals surface area contributed by atoms with Gasteiger partial charge in [0, 0.05) is 13.1 Å². The summed E-state index contributed by atoms with van der Waals surface area (Å²) < 4.78 is 5.14. The molecular weight excluding hydrogens is 260 g/mol. The molecule has 0 bridgehead atoms. The average molecular weight is 280 g/mol. The van der Waals surface area contributed by atoms with E-state index in [2.05, 4.69) is 5.32 Å². The molecule has 20 heavy (non-hydrogen) atoms. The van der Waals surface area contributed by atoms with Crippen LogP contribution in [-0.4, -0.2) is 41.7 Å². The number of hydrogen-bond acceptors (Lipinski definition) is 3. The Morgan fingerprint density at radius 1 is 1.30 bits per heavy atom. The molecule has 0 fully saturated rings. The number of carbonyl (C=O) groups is 2. The van der Waals surface area contributed by atoms with Crippen molar-refractivity contribution in [2.45, 2.75) is 20.3 Å². The number of aliphatic carboxylic acids is 1. The van der Waals surface area contributed by atoms with Crippen LogP contribution in [-0.2, 0) is 4.79 Å². The third kappa shape index (κ3) is 4.79. The van der Waals surface area contributed by atoms with E-state index in [4.69, 9.17) is 9.84 Å². The fraction of sp³-hybridized carbons (Fsp3) is 0.429. The average Bonchev–Trinajstić information content (AvgIpc) is 2.43. The van der Waals surface area contributed by atoms with Gasteiger partial charge >= 0.3 is 12.0 Å². The van der Waals surface area contributed by atoms with E-state index >= 15 is 0 Å². The molecular formula is C14H20N2O4. The quantitative estimate of drug-likeness (QED) is 0.804. The summed E-state index contributed by atoms with van der Waals surface area (Å²) in [6, 6.07) is 6.54. The van der Waals surface area contributed by atoms with Crippen LogP contribution in [0.2, 0.25) is 0 Å². The van der Waals surface area contributed by atoms with Crippen LogP contribution in [0.1, 0.15) is 20.3 Å². The molecule has 110 valence electrons. The highest BCUT2D eigenvalue weighted by Crippen LogP contribution is 2.24. The van der Waals surface area contributed by atoms with E-state index < -0.39 is 12.6 Å². The van der Waals surface area contributed by atoms with E-state index in [0.29, 0.717) is 24.5 Å². The van der Waals surface area contributed by atoms with Crippen molar-refractivity contribution in [2.24, 2.45) is 0 Å². The second-order valence-electron chi connectivity index (χ2n) is 4.19. The number of urea groups is 1. The Labute approximate surface area is 118 Å². The molecule has 1 aromatic carbocycles. The van der Waals surface area contributed by atoms with Gasteiger partial charge in [0.15, 0.2) is 6.61 Å². The number of para-hydroxylation sites is 2. The van der Waals surface area contributed by atoms with Crippen LogP contribution >= 0.6 is 0 Å². The lowest BCUT2D eigenvalue weighted by Gasteiger charge is -2.21. The molecule has 2 N–H and O–H groups in total. The molecule has 1 aromatic rings. The smallest absolute Gasteiger partial charge is 0.341 e. The van der Waals surface area contributed by atoms with Crippen LogP contribution in [0.15, 0.2) is 24.3 Å². The van der Waals surface area contributed by atoms with E-state index in [0.717, 1.165) is 6.42 Å². The molecule has 0 aliphatic carbocycles. The number of carboxylic acids is 1. The zero-order chi connectivity index (χ0) is 15.0. The first kappa shape index (κ1) is 15.8. The van der Waals surface area contributed by atoms with Crippen molar-refractivity contribution in [3.63, 3.8) is 0 Å². The maximum Gasteiger partial charge on any atom is 0.341 e. The molecule has 0 radical (unpaired) electrons. The van der Waals surface area contributed by atoms with Crippen molar-refractivity contribution < 1.29 is 19.4 Å². The summed E-state index contributed by atoms with van der Waals surface area (Å²) in [5.41, 5.74) is 0.466. The normalized spacial score (nSPS) is 9.90. The molecule has 0 unspecified atom stereocenters. The number of carbonyl (C=O) groups excluding carboxylic acids is 1. The molecule has 0 spiro atoms. The number of anilines is 1. The van der Waals surface area contributed by atoms with Crippen molar-refractivity contribution in [1.29, 1.82) is 0 Å². The molecule has 0 saturated carbocycles. The summed E-state index contributed by atoms with van der Waals surface area (Å²) in [5, 5.41) is 11.4. The Hall–Kier alpha value is -2.24. The topological polar surface area (TPSA) is 78.9 Å². The number of hydrogen-bond donors (Lipinski definition) is 2. The predicted molar refractivity (Wildman–Crippen MR) is 76.1 cm³/mol. The van der Waals surface area contributed by atoms with Gasteiger partial charge in [-0.2, -0.15) is 0 Å². The van der Waals surface area contributed by atoms with Crippen molar-refractivity contribution in [1.82, 2.24) is 4.90 Å². The van der Waals surface area contributed by atoms with Gasteiger partial charge in [-0.05, 0) is 25.5 Å². The van der Waals surface area contributed by atoms with Gasteiger partial charge in [-0.25, -0.2) is 9.59 Å². The summed E-state index contributed by atoms with van der Waals surface area (Å²) in [4.78, 5) is 24.3. The first-order valence-electron chi connectivity index (χ1n) is 6.58. The van der Waals surface area contributed by atoms with Gasteiger partial charge < -0.3 is 20.1 Å². The summed E-state index contributed by atoms with van der Waals surface area (Å²) in [6.45, 7) is 4.74. The highest BCUT2D eigenvalue weighted by Gasteiger charge is 2.13. The van der Waals surface area contributed by atoms with Crippen molar-refractivity contribution in [3.8, 4) is 5.75 Å². The molecule has 6 nitrogen and oxygen atoms in total. The van der Waals surface area contributed by atoms with Crippen LogP contribution in [0.5, 0.6) is 5.75 Å². The molecule has 0 aliphatic rings. The molecule has 0 aromatic heterocycles. The van der Waals surface area contributed by atoms with Gasteiger partial charge in [0.05, 0.1) is 5.69 Å². The standard InChI is InChI=1S/C14H20N2O4/c1-3-9-16(4-2)14(19)15-11-7-5-6-8-12(11)20-10-13(17)18/h5-8H,3-4,9-10H2,1-2H3,(H,15,19)(H,17,18). The summed E-state index contributed by atoms with van der Waals surface area (Å²) >= 11 is 0. The van der Waals surface area contributed by atoms with Crippen LogP contribution in [0.4, 0.5) is 10.5 Å². The van der Waals surface area contributed by atoms with Gasteiger partial charge in [-0.3, -0.25) is 0 Å². The fourth-order valence-corrected chi connectivity index (χ4v) is 1.70. The lowest BCUT2D eigenvalue weighted by atomic mass is 10.3. The molecule has 6 heteroatoms. The first-order valence-corrected chi connectivity index (χ1v) is 6.58. The van der Waals surface area contributed by atoms with E-state index in [-0.39, 0.29) is 6.03 Å². The Morgan fingerprint density at radius 3 is 2.60 bits per heavy atom. The summed E-state index contributed by atoms with van der Waals surface area (Å²) in [7, 11) is 0. The Balaban J connectivity index is 2.75. The number of carboxylic acid groups (broad SMARTS) is 1. The monoisotopic (exact) mass is 280 g/mol. The summed E-state index contributed by atoms with van der Waals surface area (Å²) in [5.74, 6) is -0.719. The van der Waals surface area contributed by atoms with Crippen molar-refractivity contribution >= 4 is 17.7 Å². The molecule has 0 atom stereocenters. The van der Waals surface area contributed by atoms with E-state index in [9.17, 15) is 9.59 Å². The fourth-order valence-electron chi connectivity index (χ4n) is 1.70. The molecule has 2 amide bonds. The van der Waals surface area contributed by atoms with Crippen molar-refractivity contribution in [3.05, 3.63) is 24.3 Å². The minimum atomic E-state index is -1.06. The van der Waals surface area contributed by atoms with Crippen molar-refractivity contribution in [2.75, 3.05) is 25.0 Å². The maximum atomic E-state index is 12.1. The zero-order valence-corrected chi connectivity index (χ0v) is 11.8. The highest BCUT2D eigenvalue weighted by molar-refractivity contribution is 5.91. The Bertz CT molecular complexity index is 462. The molecule has 0 aliphatic heterocycles. The zero-order valence-electron chi connectivity index (χ0n) is 11.8. The Morgan fingerprint density at radius 2 is 2.00 bits per heavy atom. The minimum Gasteiger partial charge on any atom is -0.480 e. The molecule has 0 saturated heterocycles. The third-order valence-corrected chi connectivity index (χ3v) is 2.64. The minimum absolute atomic E-state index is 0.222. The summed E-state index contributed by atoms with van der Waals surface area (Å²) in [6.07, 6.45) is 0.873. The second kappa shape index (κ2) is 8.04. The van der Waals surface area contributed by atoms with E-state index in [1.165, 1.54) is 0 Å². The largest absolute Gasteiger partial charge is 0.480 e. The van der Waals surface area contributed by atoms with E-state index in [1.54, 1.807) is 29.2 Å². The van der Waals surface area contributed by atoms with Gasteiger partial charge in [0.25, 0.3) is 0 Å². The number of ether oxygens (including phenoxy) is 1. The lowest BCUT2D eigenvalue weighted by Crippen LogP contribution is -2.35. The van der Waals surface area contributed by atoms with Crippen LogP contribution in [0.3, 0.4) is 0 Å². The molecule has 0 heterocycles. The SMILES string of the molecule is CCCN(CC)C(=O)Nc1ccccc1OCC(=O)O. The number of amides is 2. The van der Waals surface area contributed by atoms with Gasteiger partial charge in [0.2, 0.25) is 0 Å². The Kier molecular flexibility index (Phi) is 6.36.